The molecule has 1 aliphatic heterocycles. The zero-order valence-electron chi connectivity index (χ0n) is 17.2. The Hall–Kier alpha value is -2.29. The molecule has 5 heteroatoms. The number of hydrogen-bond donors (Lipinski definition) is 1. The number of likely N-dealkylation sites (N-methyl/N-ethyl adjacent to an activating group) is 1. The number of nitrogens with one attached hydrogen (secondary N) is 1. The highest BCUT2D eigenvalue weighted by atomic mass is 31.1. The summed E-state index contributed by atoms with van der Waals surface area (Å²) in [6.45, 7) is 3.04. The zero-order valence-corrected chi connectivity index (χ0v) is 18.1. The van der Waals surface area contributed by atoms with E-state index in [2.05, 4.69) is 54.8 Å². The first kappa shape index (κ1) is 21.4. The van der Waals surface area contributed by atoms with Crippen LogP contribution < -0.4 is 5.32 Å². The van der Waals surface area contributed by atoms with Crippen molar-refractivity contribution >= 4 is 26.7 Å². The Bertz CT molecular complexity index is 873. The van der Waals surface area contributed by atoms with Crippen molar-refractivity contribution in [1.82, 2.24) is 10.2 Å². The highest BCUT2D eigenvalue weighted by molar-refractivity contribution is 7.39. The lowest BCUT2D eigenvalue weighted by atomic mass is 9.91. The maximum Gasteiger partial charge on any atom is 0.222 e. The van der Waals surface area contributed by atoms with Gasteiger partial charge in [0.25, 0.3) is 0 Å². The lowest BCUT2D eigenvalue weighted by Gasteiger charge is -2.34. The van der Waals surface area contributed by atoms with E-state index in [1.807, 2.05) is 30.4 Å². The molecule has 0 radical (unpaired) electrons. The fourth-order valence-corrected chi connectivity index (χ4v) is 4.24. The molecule has 0 fully saturated rings. The number of nitrogens with zero attached hydrogens (tertiary/aromatic N) is 1. The molecule has 3 unspecified atom stereocenters. The molecule has 3 rings (SSSR count). The summed E-state index contributed by atoms with van der Waals surface area (Å²) in [5, 5.41) is 2.82. The van der Waals surface area contributed by atoms with Gasteiger partial charge in [0.2, 0.25) is 5.91 Å². The Labute approximate surface area is 175 Å². The van der Waals surface area contributed by atoms with Crippen LogP contribution in [0.5, 0.6) is 0 Å². The minimum atomic E-state index is -0.530. The van der Waals surface area contributed by atoms with Crippen molar-refractivity contribution in [3.05, 3.63) is 71.3 Å². The molecule has 1 N–H and O–H groups in total. The Kier molecular flexibility index (Phi) is 7.00. The largest absolute Gasteiger partial charge is 0.346 e. The van der Waals surface area contributed by atoms with Gasteiger partial charge in [-0.3, -0.25) is 9.69 Å². The van der Waals surface area contributed by atoms with E-state index in [4.69, 9.17) is 0 Å². The summed E-state index contributed by atoms with van der Waals surface area (Å²) in [6.07, 6.45) is 16.9. The topological polar surface area (TPSA) is 49.4 Å². The summed E-state index contributed by atoms with van der Waals surface area (Å²) in [7, 11) is 3.07. The number of hydrogen-bond acceptors (Lipinski definition) is 3. The molecule has 3 atom stereocenters. The molecular weight excluding hydrogens is 379 g/mol. The van der Waals surface area contributed by atoms with E-state index in [-0.39, 0.29) is 17.1 Å². The SMILES string of the molecule is C=PC1(C)C=CC=C(CC(C=O)NC(=O)CC2c3ccccc3CCN2C)C=C1. The number of aldehydes is 1. The summed E-state index contributed by atoms with van der Waals surface area (Å²) < 4.78 is 0. The van der Waals surface area contributed by atoms with Crippen LogP contribution in [0.1, 0.15) is 36.9 Å². The first-order valence-electron chi connectivity index (χ1n) is 10.0. The van der Waals surface area contributed by atoms with Gasteiger partial charge in [-0.25, -0.2) is 0 Å². The average Bonchev–Trinajstić information content (AvgIpc) is 2.91. The molecule has 29 heavy (non-hydrogen) atoms. The third-order valence-corrected chi connectivity index (χ3v) is 6.72. The molecule has 0 saturated heterocycles. The van der Waals surface area contributed by atoms with Crippen LogP contribution in [0.3, 0.4) is 0 Å². The minimum absolute atomic E-state index is 0.0453. The van der Waals surface area contributed by atoms with Gasteiger partial charge < -0.3 is 10.1 Å². The van der Waals surface area contributed by atoms with Gasteiger partial charge in [-0.05, 0) is 43.5 Å². The second kappa shape index (κ2) is 9.47. The van der Waals surface area contributed by atoms with Gasteiger partial charge in [-0.2, -0.15) is 0 Å². The van der Waals surface area contributed by atoms with Gasteiger partial charge >= 0.3 is 0 Å². The zero-order chi connectivity index (χ0) is 20.9. The molecule has 0 aromatic heterocycles. The van der Waals surface area contributed by atoms with Crippen LogP contribution in [-0.4, -0.2) is 48.2 Å². The fourth-order valence-electron chi connectivity index (χ4n) is 3.87. The summed E-state index contributed by atoms with van der Waals surface area (Å²) in [6, 6.07) is 7.83. The summed E-state index contributed by atoms with van der Waals surface area (Å²) >= 11 is 0. The van der Waals surface area contributed by atoms with Gasteiger partial charge in [-0.1, -0.05) is 69.1 Å². The number of amides is 1. The summed E-state index contributed by atoms with van der Waals surface area (Å²) in [4.78, 5) is 26.6. The fraction of sp³-hybridized carbons (Fsp3) is 0.375. The average molecular weight is 408 g/mol. The maximum atomic E-state index is 12.7. The van der Waals surface area contributed by atoms with Gasteiger partial charge in [0, 0.05) is 24.2 Å². The van der Waals surface area contributed by atoms with Crippen molar-refractivity contribution < 1.29 is 9.59 Å². The number of allylic oxidation sites excluding steroid dienone is 5. The van der Waals surface area contributed by atoms with E-state index in [9.17, 15) is 9.59 Å². The van der Waals surface area contributed by atoms with E-state index < -0.39 is 6.04 Å². The lowest BCUT2D eigenvalue weighted by molar-refractivity contribution is -0.125. The molecular formula is C24H29N2O2P. The number of carbonyl (C=O) groups excluding carboxylic acids is 2. The van der Waals surface area contributed by atoms with E-state index in [1.165, 1.54) is 11.1 Å². The van der Waals surface area contributed by atoms with Crippen molar-refractivity contribution in [2.45, 2.75) is 43.4 Å². The Balaban J connectivity index is 1.63. The molecule has 152 valence electrons. The molecule has 1 aliphatic carbocycles. The highest BCUT2D eigenvalue weighted by Gasteiger charge is 2.27. The van der Waals surface area contributed by atoms with Crippen molar-refractivity contribution in [2.24, 2.45) is 0 Å². The van der Waals surface area contributed by atoms with Crippen LogP contribution in [0.15, 0.2) is 60.2 Å². The summed E-state index contributed by atoms with van der Waals surface area (Å²) in [5.74, 6) is -0.0921. The molecule has 0 saturated carbocycles. The normalized spacial score (nSPS) is 25.0. The molecule has 1 aromatic rings. The minimum Gasteiger partial charge on any atom is -0.346 e. The van der Waals surface area contributed by atoms with Crippen LogP contribution in [-0.2, 0) is 16.0 Å². The van der Waals surface area contributed by atoms with Gasteiger partial charge in [0.05, 0.1) is 6.04 Å². The quantitative estimate of drug-likeness (QED) is 0.550. The first-order chi connectivity index (χ1) is 13.9. The Morgan fingerprint density at radius 3 is 2.97 bits per heavy atom. The van der Waals surface area contributed by atoms with Crippen LogP contribution in [0.2, 0.25) is 0 Å². The molecule has 2 aliphatic rings. The highest BCUT2D eigenvalue weighted by Crippen LogP contribution is 2.31. The number of carbonyl (C=O) groups is 2. The van der Waals surface area contributed by atoms with E-state index in [0.29, 0.717) is 12.8 Å². The van der Waals surface area contributed by atoms with Crippen molar-refractivity contribution in [3.63, 3.8) is 0 Å². The van der Waals surface area contributed by atoms with Crippen LogP contribution in [0, 0.1) is 0 Å². The number of fused-ring (bicyclic) bond motifs is 1. The predicted molar refractivity (Wildman–Crippen MR) is 122 cm³/mol. The first-order valence-corrected chi connectivity index (χ1v) is 11.1. The van der Waals surface area contributed by atoms with E-state index in [1.54, 1.807) is 0 Å². The van der Waals surface area contributed by atoms with Gasteiger partial charge in [0.1, 0.15) is 6.29 Å². The standard InChI is InChI=1S/C24H29N2O2P/c1-24(29-3)12-6-7-18(10-13-24)15-20(17-27)25-23(28)16-22-21-9-5-4-8-19(21)11-14-26(22)2/h4-10,12-13,17,20,22H,3,11,14-16H2,1-2H3,(H,25,28). The van der Waals surface area contributed by atoms with Crippen molar-refractivity contribution in [3.8, 4) is 0 Å². The van der Waals surface area contributed by atoms with E-state index >= 15 is 0 Å². The lowest BCUT2D eigenvalue weighted by Crippen LogP contribution is -2.40. The van der Waals surface area contributed by atoms with Gasteiger partial charge in [0.15, 0.2) is 0 Å². The molecule has 4 nitrogen and oxygen atoms in total. The Morgan fingerprint density at radius 2 is 2.21 bits per heavy atom. The number of benzene rings is 1. The molecule has 1 amide bonds. The third kappa shape index (κ3) is 5.41. The Morgan fingerprint density at radius 1 is 1.41 bits per heavy atom. The van der Waals surface area contributed by atoms with Crippen LogP contribution in [0.25, 0.3) is 0 Å². The predicted octanol–water partition coefficient (Wildman–Crippen LogP) is 3.87. The summed E-state index contributed by atoms with van der Waals surface area (Å²) in [5.41, 5.74) is 3.54. The second-order valence-corrected chi connectivity index (χ2v) is 9.26. The van der Waals surface area contributed by atoms with Gasteiger partial charge in [-0.15, -0.1) is 0 Å². The molecule has 0 spiro atoms. The van der Waals surface area contributed by atoms with Crippen molar-refractivity contribution in [2.75, 3.05) is 13.6 Å². The molecule has 0 bridgehead atoms. The van der Waals surface area contributed by atoms with Crippen LogP contribution in [0.4, 0.5) is 0 Å². The third-order valence-electron chi connectivity index (χ3n) is 5.74. The number of rotatable bonds is 7. The van der Waals surface area contributed by atoms with E-state index in [0.717, 1.165) is 33.0 Å². The smallest absolute Gasteiger partial charge is 0.222 e. The van der Waals surface area contributed by atoms with Crippen LogP contribution >= 0.6 is 8.20 Å². The molecule has 1 aromatic carbocycles. The molecule has 1 heterocycles. The monoisotopic (exact) mass is 408 g/mol. The second-order valence-electron chi connectivity index (χ2n) is 7.98. The van der Waals surface area contributed by atoms with Crippen molar-refractivity contribution in [1.29, 1.82) is 0 Å². The maximum absolute atomic E-state index is 12.7.